The molecule has 1 aromatic heterocycles. The van der Waals surface area contributed by atoms with Gasteiger partial charge in [0, 0.05) is 11.6 Å². The fourth-order valence-electron chi connectivity index (χ4n) is 1.73. The minimum Gasteiger partial charge on any atom is -0.486 e. The van der Waals surface area contributed by atoms with Crippen molar-refractivity contribution in [1.29, 1.82) is 0 Å². The molecule has 1 aliphatic heterocycles. The van der Waals surface area contributed by atoms with E-state index in [1.165, 1.54) is 12.1 Å². The van der Waals surface area contributed by atoms with Crippen molar-refractivity contribution in [3.8, 4) is 22.8 Å². The molecule has 0 bridgehead atoms. The van der Waals surface area contributed by atoms with Gasteiger partial charge >= 0.3 is 0 Å². The Labute approximate surface area is 106 Å². The molecule has 1 aliphatic rings. The molecule has 0 radical (unpaired) electrons. The standard InChI is InChI=1S/C11H8ClFN2O3/c12-9-10(13)5(6-4-8(14)18-15-6)3-7-11(9)17-2-1-16-7/h3-4H,1-2,14H2. The van der Waals surface area contributed by atoms with Gasteiger partial charge in [-0.2, -0.15) is 0 Å². The summed E-state index contributed by atoms with van der Waals surface area (Å²) in [4.78, 5) is 0. The molecule has 3 rings (SSSR count). The van der Waals surface area contributed by atoms with Crippen molar-refractivity contribution in [2.24, 2.45) is 0 Å². The predicted molar refractivity (Wildman–Crippen MR) is 62.3 cm³/mol. The molecule has 5 nitrogen and oxygen atoms in total. The third-order valence-corrected chi connectivity index (χ3v) is 2.86. The second kappa shape index (κ2) is 4.06. The molecule has 0 fully saturated rings. The van der Waals surface area contributed by atoms with E-state index in [1.807, 2.05) is 0 Å². The lowest BCUT2D eigenvalue weighted by atomic mass is 10.1. The van der Waals surface area contributed by atoms with Crippen molar-refractivity contribution in [2.45, 2.75) is 0 Å². The van der Waals surface area contributed by atoms with E-state index in [1.54, 1.807) is 0 Å². The quantitative estimate of drug-likeness (QED) is 0.862. The van der Waals surface area contributed by atoms with Gasteiger partial charge in [0.2, 0.25) is 5.88 Å². The summed E-state index contributed by atoms with van der Waals surface area (Å²) in [7, 11) is 0. The minimum atomic E-state index is -0.644. The molecule has 7 heteroatoms. The van der Waals surface area contributed by atoms with E-state index in [0.717, 1.165) is 0 Å². The number of halogens is 2. The number of hydrogen-bond donors (Lipinski definition) is 1. The summed E-state index contributed by atoms with van der Waals surface area (Å²) >= 11 is 5.90. The first-order chi connectivity index (χ1) is 8.66. The number of aromatic nitrogens is 1. The number of rotatable bonds is 1. The summed E-state index contributed by atoms with van der Waals surface area (Å²) in [5, 5.41) is 3.51. The Kier molecular flexibility index (Phi) is 2.52. The minimum absolute atomic E-state index is 0.0930. The largest absolute Gasteiger partial charge is 0.486 e. The van der Waals surface area contributed by atoms with Gasteiger partial charge in [0.25, 0.3) is 0 Å². The number of ether oxygens (including phenoxy) is 2. The molecule has 0 saturated heterocycles. The molecule has 2 heterocycles. The van der Waals surface area contributed by atoms with Crippen molar-refractivity contribution in [2.75, 3.05) is 18.9 Å². The fraction of sp³-hybridized carbons (Fsp3) is 0.182. The van der Waals surface area contributed by atoms with Crippen LogP contribution in [0.5, 0.6) is 11.5 Å². The first-order valence-corrected chi connectivity index (χ1v) is 5.55. The molecule has 0 spiro atoms. The zero-order valence-corrected chi connectivity index (χ0v) is 9.83. The van der Waals surface area contributed by atoms with Crippen molar-refractivity contribution in [1.82, 2.24) is 5.16 Å². The van der Waals surface area contributed by atoms with E-state index >= 15 is 0 Å². The van der Waals surface area contributed by atoms with Gasteiger partial charge in [0.1, 0.15) is 23.9 Å². The third kappa shape index (κ3) is 1.65. The van der Waals surface area contributed by atoms with Crippen molar-refractivity contribution < 1.29 is 18.4 Å². The van der Waals surface area contributed by atoms with Crippen LogP contribution in [0.2, 0.25) is 5.02 Å². The van der Waals surface area contributed by atoms with Crippen LogP contribution in [0.25, 0.3) is 11.3 Å². The second-order valence-electron chi connectivity index (χ2n) is 3.69. The van der Waals surface area contributed by atoms with Gasteiger partial charge in [-0.1, -0.05) is 16.8 Å². The van der Waals surface area contributed by atoms with Gasteiger partial charge in [0.05, 0.1) is 0 Å². The van der Waals surface area contributed by atoms with Gasteiger partial charge in [-0.25, -0.2) is 4.39 Å². The monoisotopic (exact) mass is 270 g/mol. The average molecular weight is 271 g/mol. The van der Waals surface area contributed by atoms with Crippen molar-refractivity contribution in [3.05, 3.63) is 23.0 Å². The topological polar surface area (TPSA) is 70.5 Å². The Morgan fingerprint density at radius 1 is 1.28 bits per heavy atom. The number of hydrogen-bond acceptors (Lipinski definition) is 5. The van der Waals surface area contributed by atoms with Crippen LogP contribution in [-0.2, 0) is 0 Å². The van der Waals surface area contributed by atoms with Crippen LogP contribution in [0.15, 0.2) is 16.7 Å². The maximum absolute atomic E-state index is 14.1. The van der Waals surface area contributed by atoms with Gasteiger partial charge in [-0.3, -0.25) is 0 Å². The number of nitrogens with zero attached hydrogens (tertiary/aromatic N) is 1. The molecule has 1 aromatic carbocycles. The average Bonchev–Trinajstić information content (AvgIpc) is 2.80. The summed E-state index contributed by atoms with van der Waals surface area (Å²) in [6, 6.07) is 2.87. The van der Waals surface area contributed by atoms with Crippen LogP contribution in [-0.4, -0.2) is 18.4 Å². The summed E-state index contributed by atoms with van der Waals surface area (Å²) < 4.78 is 29.4. The van der Waals surface area contributed by atoms with E-state index in [9.17, 15) is 4.39 Å². The van der Waals surface area contributed by atoms with Crippen molar-refractivity contribution in [3.63, 3.8) is 0 Å². The Hall–Kier alpha value is -1.95. The van der Waals surface area contributed by atoms with E-state index in [0.29, 0.717) is 19.0 Å². The Morgan fingerprint density at radius 2 is 2.06 bits per heavy atom. The van der Waals surface area contributed by atoms with Crippen LogP contribution in [0.3, 0.4) is 0 Å². The summed E-state index contributed by atoms with van der Waals surface area (Å²) in [5.74, 6) is 0.0366. The Balaban J connectivity index is 2.18. The summed E-state index contributed by atoms with van der Waals surface area (Å²) in [5.41, 5.74) is 5.81. The maximum Gasteiger partial charge on any atom is 0.222 e. The van der Waals surface area contributed by atoms with E-state index in [4.69, 9.17) is 31.3 Å². The Morgan fingerprint density at radius 3 is 2.78 bits per heavy atom. The van der Waals surface area contributed by atoms with Crippen LogP contribution in [0.1, 0.15) is 0 Å². The number of benzene rings is 1. The van der Waals surface area contributed by atoms with Crippen LogP contribution >= 0.6 is 11.6 Å². The summed E-state index contributed by atoms with van der Waals surface area (Å²) in [6.07, 6.45) is 0. The lowest BCUT2D eigenvalue weighted by Crippen LogP contribution is -2.16. The molecule has 2 N–H and O–H groups in total. The second-order valence-corrected chi connectivity index (χ2v) is 4.07. The van der Waals surface area contributed by atoms with Gasteiger partial charge in [-0.05, 0) is 6.07 Å². The van der Waals surface area contributed by atoms with Gasteiger partial charge in [0.15, 0.2) is 17.3 Å². The Bertz CT molecular complexity index is 615. The van der Waals surface area contributed by atoms with Crippen LogP contribution in [0, 0.1) is 5.82 Å². The molecule has 0 saturated carbocycles. The fourth-order valence-corrected chi connectivity index (χ4v) is 1.98. The smallest absolute Gasteiger partial charge is 0.222 e. The highest BCUT2D eigenvalue weighted by Gasteiger charge is 2.24. The number of anilines is 1. The molecule has 0 amide bonds. The maximum atomic E-state index is 14.1. The first-order valence-electron chi connectivity index (χ1n) is 5.17. The highest BCUT2D eigenvalue weighted by Crippen LogP contribution is 2.43. The van der Waals surface area contributed by atoms with E-state index in [-0.39, 0.29) is 27.9 Å². The molecule has 2 aromatic rings. The molecule has 0 atom stereocenters. The molecule has 0 unspecified atom stereocenters. The normalized spacial score (nSPS) is 13.7. The first kappa shape index (κ1) is 11.2. The lowest BCUT2D eigenvalue weighted by Gasteiger charge is -2.20. The highest BCUT2D eigenvalue weighted by molar-refractivity contribution is 6.32. The van der Waals surface area contributed by atoms with Gasteiger partial charge < -0.3 is 19.7 Å². The number of nitrogen functional groups attached to an aromatic ring is 1. The highest BCUT2D eigenvalue weighted by atomic mass is 35.5. The van der Waals surface area contributed by atoms with E-state index in [2.05, 4.69) is 5.16 Å². The SMILES string of the molecule is Nc1cc(-c2cc3c(c(Cl)c2F)OCCO3)no1. The molecule has 0 aliphatic carbocycles. The summed E-state index contributed by atoms with van der Waals surface area (Å²) in [6.45, 7) is 0.720. The molecular weight excluding hydrogens is 263 g/mol. The number of fused-ring (bicyclic) bond motifs is 1. The van der Waals surface area contributed by atoms with Crippen LogP contribution in [0.4, 0.5) is 10.3 Å². The predicted octanol–water partition coefficient (Wildman–Crippen LogP) is 2.49. The number of nitrogens with two attached hydrogens (primary N) is 1. The van der Waals surface area contributed by atoms with Gasteiger partial charge in [-0.15, -0.1) is 0 Å². The van der Waals surface area contributed by atoms with Crippen molar-refractivity contribution >= 4 is 17.5 Å². The third-order valence-electron chi connectivity index (χ3n) is 2.52. The molecule has 18 heavy (non-hydrogen) atoms. The molecule has 94 valence electrons. The zero-order valence-electron chi connectivity index (χ0n) is 9.07. The molecular formula is C11H8ClFN2O3. The van der Waals surface area contributed by atoms with Crippen LogP contribution < -0.4 is 15.2 Å². The van der Waals surface area contributed by atoms with E-state index < -0.39 is 5.82 Å². The lowest BCUT2D eigenvalue weighted by molar-refractivity contribution is 0.171. The zero-order chi connectivity index (χ0) is 12.7.